The molecule has 7 nitrogen and oxygen atoms in total. The Morgan fingerprint density at radius 3 is 2.74 bits per heavy atom. The molecule has 0 aliphatic carbocycles. The van der Waals surface area contributed by atoms with Crippen LogP contribution in [-0.2, 0) is 19.1 Å². The molecule has 124 valence electrons. The van der Waals surface area contributed by atoms with E-state index in [0.29, 0.717) is 5.82 Å². The molecule has 3 unspecified atom stereocenters. The first-order valence-electron chi connectivity index (χ1n) is 7.26. The number of ether oxygens (including phenoxy) is 2. The Bertz CT molecular complexity index is 679. The molecule has 1 aromatic heterocycles. The number of hydrogen-bond donors (Lipinski definition) is 1. The molecule has 0 spiro atoms. The molecule has 3 atom stereocenters. The van der Waals surface area contributed by atoms with Crippen LogP contribution < -0.4 is 10.2 Å². The van der Waals surface area contributed by atoms with Gasteiger partial charge in [-0.25, -0.2) is 9.37 Å². The lowest BCUT2D eigenvalue weighted by atomic mass is 10.1. The molecule has 0 saturated carbocycles. The molecular formula is C15H18FN3O4. The van der Waals surface area contributed by atoms with Crippen molar-refractivity contribution in [3.05, 3.63) is 23.6 Å². The van der Waals surface area contributed by atoms with Crippen molar-refractivity contribution >= 4 is 17.6 Å². The SMILES string of the molecule is Cc1nc(N(C)C(=O)C2NC(=O)C3OC(C)(C)OC23)ccc1F. The van der Waals surface area contributed by atoms with Gasteiger partial charge in [0, 0.05) is 7.05 Å². The van der Waals surface area contributed by atoms with Gasteiger partial charge in [0.15, 0.2) is 11.9 Å². The third-order valence-electron chi connectivity index (χ3n) is 3.96. The monoisotopic (exact) mass is 323 g/mol. The Hall–Kier alpha value is -2.06. The first-order chi connectivity index (χ1) is 10.7. The Morgan fingerprint density at radius 2 is 2.09 bits per heavy atom. The molecule has 0 radical (unpaired) electrons. The number of halogens is 1. The molecule has 0 bridgehead atoms. The van der Waals surface area contributed by atoms with E-state index in [0.717, 1.165) is 0 Å². The van der Waals surface area contributed by atoms with Gasteiger partial charge in [-0.2, -0.15) is 0 Å². The molecule has 1 N–H and O–H groups in total. The molecule has 2 aliphatic rings. The van der Waals surface area contributed by atoms with Crippen molar-refractivity contribution in [2.45, 2.75) is 44.8 Å². The number of pyridine rings is 1. The van der Waals surface area contributed by atoms with E-state index < -0.39 is 35.8 Å². The fraction of sp³-hybridized carbons (Fsp3) is 0.533. The fourth-order valence-corrected chi connectivity index (χ4v) is 2.79. The van der Waals surface area contributed by atoms with Gasteiger partial charge < -0.3 is 14.8 Å². The average Bonchev–Trinajstić information content (AvgIpc) is 2.95. The number of rotatable bonds is 2. The molecular weight excluding hydrogens is 305 g/mol. The second-order valence-corrected chi connectivity index (χ2v) is 6.14. The first kappa shape index (κ1) is 15.8. The van der Waals surface area contributed by atoms with Crippen LogP contribution in [0.2, 0.25) is 0 Å². The number of nitrogens with zero attached hydrogens (tertiary/aromatic N) is 2. The fourth-order valence-electron chi connectivity index (χ4n) is 2.79. The number of amides is 2. The van der Waals surface area contributed by atoms with Crippen molar-refractivity contribution in [2.75, 3.05) is 11.9 Å². The minimum atomic E-state index is -0.922. The highest BCUT2D eigenvalue weighted by Crippen LogP contribution is 2.34. The summed E-state index contributed by atoms with van der Waals surface area (Å²) in [5.74, 6) is -1.85. The van der Waals surface area contributed by atoms with Crippen LogP contribution in [0.1, 0.15) is 19.5 Å². The van der Waals surface area contributed by atoms with Crippen LogP contribution in [0.3, 0.4) is 0 Å². The van der Waals surface area contributed by atoms with Gasteiger partial charge in [-0.05, 0) is 32.9 Å². The minimum Gasteiger partial charge on any atom is -0.341 e. The van der Waals surface area contributed by atoms with Gasteiger partial charge >= 0.3 is 0 Å². The lowest BCUT2D eigenvalue weighted by Crippen LogP contribution is -2.49. The number of aromatic nitrogens is 1. The Morgan fingerprint density at radius 1 is 1.39 bits per heavy atom. The van der Waals surface area contributed by atoms with E-state index in [4.69, 9.17) is 9.47 Å². The van der Waals surface area contributed by atoms with E-state index in [1.54, 1.807) is 13.8 Å². The summed E-state index contributed by atoms with van der Waals surface area (Å²) in [6.45, 7) is 4.89. The lowest BCUT2D eigenvalue weighted by Gasteiger charge is -2.25. The molecule has 1 aromatic rings. The summed E-state index contributed by atoms with van der Waals surface area (Å²) in [7, 11) is 1.52. The summed E-state index contributed by atoms with van der Waals surface area (Å²) >= 11 is 0. The summed E-state index contributed by atoms with van der Waals surface area (Å²) in [6, 6.07) is 1.78. The highest BCUT2D eigenvalue weighted by Gasteiger charge is 2.56. The number of likely N-dealkylation sites (N-methyl/N-ethyl adjacent to an activating group) is 1. The van der Waals surface area contributed by atoms with E-state index >= 15 is 0 Å². The van der Waals surface area contributed by atoms with E-state index in [1.807, 2.05) is 0 Å². The number of hydrogen-bond acceptors (Lipinski definition) is 5. The average molecular weight is 323 g/mol. The normalized spacial score (nSPS) is 28.4. The number of fused-ring (bicyclic) bond motifs is 1. The van der Waals surface area contributed by atoms with Gasteiger partial charge in [-0.3, -0.25) is 14.5 Å². The van der Waals surface area contributed by atoms with Crippen molar-refractivity contribution in [1.29, 1.82) is 0 Å². The lowest BCUT2D eigenvalue weighted by molar-refractivity contribution is -0.164. The molecule has 0 aromatic carbocycles. The van der Waals surface area contributed by atoms with Crippen molar-refractivity contribution < 1.29 is 23.5 Å². The Kier molecular flexibility index (Phi) is 3.61. The van der Waals surface area contributed by atoms with Gasteiger partial charge in [0.2, 0.25) is 0 Å². The zero-order chi connectivity index (χ0) is 16.9. The van der Waals surface area contributed by atoms with E-state index in [1.165, 1.54) is 31.0 Å². The molecule has 23 heavy (non-hydrogen) atoms. The van der Waals surface area contributed by atoms with Crippen LogP contribution in [0.4, 0.5) is 10.2 Å². The molecule has 2 aliphatic heterocycles. The quantitative estimate of drug-likeness (QED) is 0.858. The van der Waals surface area contributed by atoms with Gasteiger partial charge in [0.1, 0.15) is 23.8 Å². The maximum absolute atomic E-state index is 13.3. The standard InChI is InChI=1S/C15H18FN3O4/c1-7-8(16)5-6-9(17-7)19(4)14(21)10-11-12(13(20)18-10)23-15(2,3)22-11/h5-6,10-12H,1-4H3,(H,18,20). The Balaban J connectivity index is 1.82. The molecule has 8 heteroatoms. The second-order valence-electron chi connectivity index (χ2n) is 6.14. The van der Waals surface area contributed by atoms with Gasteiger partial charge in [-0.15, -0.1) is 0 Å². The summed E-state index contributed by atoms with van der Waals surface area (Å²) < 4.78 is 24.5. The van der Waals surface area contributed by atoms with Crippen molar-refractivity contribution in [2.24, 2.45) is 0 Å². The van der Waals surface area contributed by atoms with Crippen LogP contribution in [0.25, 0.3) is 0 Å². The number of aryl methyl sites for hydroxylation is 1. The van der Waals surface area contributed by atoms with Gasteiger partial charge in [-0.1, -0.05) is 0 Å². The molecule has 2 amide bonds. The zero-order valence-corrected chi connectivity index (χ0v) is 13.3. The largest absolute Gasteiger partial charge is 0.341 e. The predicted molar refractivity (Wildman–Crippen MR) is 78.1 cm³/mol. The van der Waals surface area contributed by atoms with Crippen LogP contribution in [-0.4, -0.2) is 47.9 Å². The number of anilines is 1. The number of carbonyl (C=O) groups is 2. The highest BCUT2D eigenvalue weighted by molar-refractivity contribution is 6.02. The van der Waals surface area contributed by atoms with E-state index in [2.05, 4.69) is 10.3 Å². The number of carbonyl (C=O) groups excluding carboxylic acids is 2. The van der Waals surface area contributed by atoms with Crippen molar-refractivity contribution in [3.63, 3.8) is 0 Å². The maximum Gasteiger partial charge on any atom is 0.253 e. The predicted octanol–water partition coefficient (Wildman–Crippen LogP) is 0.510. The Labute approximate surface area is 132 Å². The van der Waals surface area contributed by atoms with Crippen molar-refractivity contribution in [1.82, 2.24) is 10.3 Å². The van der Waals surface area contributed by atoms with E-state index in [-0.39, 0.29) is 11.6 Å². The number of nitrogens with one attached hydrogen (secondary N) is 1. The van der Waals surface area contributed by atoms with Crippen LogP contribution >= 0.6 is 0 Å². The van der Waals surface area contributed by atoms with E-state index in [9.17, 15) is 14.0 Å². The van der Waals surface area contributed by atoms with Gasteiger partial charge in [0.05, 0.1) is 5.69 Å². The van der Waals surface area contributed by atoms with Crippen LogP contribution in [0, 0.1) is 12.7 Å². The molecule has 3 heterocycles. The first-order valence-corrected chi connectivity index (χ1v) is 7.26. The van der Waals surface area contributed by atoms with Crippen molar-refractivity contribution in [3.8, 4) is 0 Å². The summed E-state index contributed by atoms with van der Waals surface area (Å²) in [6.07, 6.45) is -1.51. The van der Waals surface area contributed by atoms with Crippen LogP contribution in [0.5, 0.6) is 0 Å². The second kappa shape index (κ2) is 5.24. The molecule has 3 rings (SSSR count). The van der Waals surface area contributed by atoms with Crippen LogP contribution in [0.15, 0.2) is 12.1 Å². The summed E-state index contributed by atoms with van der Waals surface area (Å²) in [5.41, 5.74) is 0.192. The third-order valence-corrected chi connectivity index (χ3v) is 3.96. The smallest absolute Gasteiger partial charge is 0.253 e. The molecule has 2 fully saturated rings. The summed E-state index contributed by atoms with van der Waals surface area (Å²) in [4.78, 5) is 30.0. The highest BCUT2D eigenvalue weighted by atomic mass is 19.1. The third kappa shape index (κ3) is 2.68. The van der Waals surface area contributed by atoms with Gasteiger partial charge in [0.25, 0.3) is 11.8 Å². The zero-order valence-electron chi connectivity index (χ0n) is 13.3. The molecule has 2 saturated heterocycles. The summed E-state index contributed by atoms with van der Waals surface area (Å²) in [5, 5.41) is 2.59. The topological polar surface area (TPSA) is 80.8 Å². The minimum absolute atomic E-state index is 0.192. The maximum atomic E-state index is 13.3.